The number of ether oxygens (including phenoxy) is 1. The number of nitrogens with zero attached hydrogens (tertiary/aromatic N) is 3. The number of hydrogen-bond donors (Lipinski definition) is 2. The van der Waals surface area contributed by atoms with Crippen molar-refractivity contribution in [3.05, 3.63) is 11.2 Å². The number of fused-ring (bicyclic) bond motifs is 1. The number of carbonyl (C=O) groups excluding carboxylic acids is 1. The van der Waals surface area contributed by atoms with Crippen LogP contribution in [0.1, 0.15) is 45.6 Å². The Morgan fingerprint density at radius 3 is 2.75 bits per heavy atom. The summed E-state index contributed by atoms with van der Waals surface area (Å²) in [5.41, 5.74) is 0.160. The molecule has 1 fully saturated rings. The zero-order valence-corrected chi connectivity index (χ0v) is 14.7. The number of rotatable bonds is 5. The molecule has 0 spiro atoms. The van der Waals surface area contributed by atoms with E-state index in [4.69, 9.17) is 16.3 Å². The second-order valence-electron chi connectivity index (χ2n) is 6.75. The van der Waals surface area contributed by atoms with Crippen LogP contribution < -0.4 is 10.1 Å². The normalized spacial score (nSPS) is 15.4. The molecule has 0 unspecified atom stereocenters. The van der Waals surface area contributed by atoms with Gasteiger partial charge in [-0.3, -0.25) is 14.7 Å². The molecule has 3 rings (SSSR count). The molecule has 24 heavy (non-hydrogen) atoms. The van der Waals surface area contributed by atoms with Crippen molar-refractivity contribution in [3.8, 4) is 5.75 Å². The molecule has 0 aromatic carbocycles. The van der Waals surface area contributed by atoms with Crippen molar-refractivity contribution in [2.24, 2.45) is 0 Å². The minimum absolute atomic E-state index is 0.0155. The van der Waals surface area contributed by atoms with E-state index >= 15 is 0 Å². The van der Waals surface area contributed by atoms with Gasteiger partial charge in [0.05, 0.1) is 19.1 Å². The SMILES string of the molecule is COc1cc2nc(NC(=O)CC(C)(C)O)n(C3CCC3)c2nc1Cl. The number of halogens is 1. The van der Waals surface area contributed by atoms with Crippen LogP contribution in [-0.4, -0.2) is 38.3 Å². The zero-order chi connectivity index (χ0) is 17.5. The van der Waals surface area contributed by atoms with Crippen LogP contribution in [0.5, 0.6) is 5.75 Å². The molecule has 7 nitrogen and oxygen atoms in total. The fourth-order valence-electron chi connectivity index (χ4n) is 2.77. The number of methoxy groups -OCH3 is 1. The van der Waals surface area contributed by atoms with Gasteiger partial charge in [-0.15, -0.1) is 0 Å². The van der Waals surface area contributed by atoms with Crippen LogP contribution in [0.2, 0.25) is 5.15 Å². The number of aliphatic hydroxyl groups is 1. The molecule has 8 heteroatoms. The first-order valence-corrected chi connectivity index (χ1v) is 8.31. The maximum atomic E-state index is 12.2. The van der Waals surface area contributed by atoms with E-state index < -0.39 is 5.60 Å². The summed E-state index contributed by atoms with van der Waals surface area (Å²) in [6.45, 7) is 3.18. The van der Waals surface area contributed by atoms with Crippen LogP contribution in [0.3, 0.4) is 0 Å². The molecule has 2 aromatic heterocycles. The molecule has 0 bridgehead atoms. The van der Waals surface area contributed by atoms with Crippen LogP contribution in [0.4, 0.5) is 5.95 Å². The summed E-state index contributed by atoms with van der Waals surface area (Å²) in [4.78, 5) is 21.1. The van der Waals surface area contributed by atoms with Gasteiger partial charge in [-0.25, -0.2) is 9.97 Å². The summed E-state index contributed by atoms with van der Waals surface area (Å²) in [7, 11) is 1.52. The summed E-state index contributed by atoms with van der Waals surface area (Å²) in [6, 6.07) is 1.95. The second-order valence-corrected chi connectivity index (χ2v) is 7.11. The van der Waals surface area contributed by atoms with Crippen molar-refractivity contribution in [2.45, 2.75) is 51.2 Å². The highest BCUT2D eigenvalue weighted by molar-refractivity contribution is 6.31. The van der Waals surface area contributed by atoms with Crippen LogP contribution in [-0.2, 0) is 4.79 Å². The summed E-state index contributed by atoms with van der Waals surface area (Å²) >= 11 is 6.15. The van der Waals surface area contributed by atoms with Crippen molar-refractivity contribution >= 4 is 34.6 Å². The predicted molar refractivity (Wildman–Crippen MR) is 91.5 cm³/mol. The van der Waals surface area contributed by atoms with Crippen molar-refractivity contribution in [2.75, 3.05) is 12.4 Å². The third-order valence-corrected chi connectivity index (χ3v) is 4.36. The van der Waals surface area contributed by atoms with Crippen molar-refractivity contribution in [1.82, 2.24) is 14.5 Å². The number of nitrogens with one attached hydrogen (secondary N) is 1. The number of pyridine rings is 1. The summed E-state index contributed by atoms with van der Waals surface area (Å²) in [5, 5.41) is 12.9. The van der Waals surface area contributed by atoms with Gasteiger partial charge in [0.15, 0.2) is 16.5 Å². The lowest BCUT2D eigenvalue weighted by atomic mass is 9.93. The first kappa shape index (κ1) is 17.0. The highest BCUT2D eigenvalue weighted by Gasteiger charge is 2.28. The van der Waals surface area contributed by atoms with Gasteiger partial charge in [-0.1, -0.05) is 11.6 Å². The van der Waals surface area contributed by atoms with Gasteiger partial charge in [0.25, 0.3) is 0 Å². The molecule has 2 aromatic rings. The number of imidazole rings is 1. The van der Waals surface area contributed by atoms with Gasteiger partial charge in [0, 0.05) is 12.1 Å². The minimum atomic E-state index is -1.08. The van der Waals surface area contributed by atoms with E-state index in [9.17, 15) is 9.90 Å². The summed E-state index contributed by atoms with van der Waals surface area (Å²) in [5.74, 6) is 0.578. The molecule has 1 amide bonds. The average molecular weight is 353 g/mol. The fraction of sp³-hybridized carbons (Fsp3) is 0.562. The Labute approximate surface area is 145 Å². The summed E-state index contributed by atoms with van der Waals surface area (Å²) in [6.07, 6.45) is 3.12. The molecule has 2 heterocycles. The third kappa shape index (κ3) is 3.32. The van der Waals surface area contributed by atoms with E-state index in [0.717, 1.165) is 19.3 Å². The van der Waals surface area contributed by atoms with E-state index in [1.54, 1.807) is 19.9 Å². The molecule has 0 atom stereocenters. The standard InChI is InChI=1S/C16H21ClN4O3/c1-16(2,23)8-12(22)19-15-18-10-7-11(24-3)13(17)20-14(10)21(15)9-5-4-6-9/h7,9,23H,4-6,8H2,1-3H3,(H,18,19,22). The Bertz CT molecular complexity index is 778. The highest BCUT2D eigenvalue weighted by Crippen LogP contribution is 2.38. The Kier molecular flexibility index (Phi) is 4.40. The highest BCUT2D eigenvalue weighted by atomic mass is 35.5. The maximum Gasteiger partial charge on any atom is 0.229 e. The average Bonchev–Trinajstić information content (AvgIpc) is 2.71. The van der Waals surface area contributed by atoms with E-state index in [1.807, 2.05) is 4.57 Å². The van der Waals surface area contributed by atoms with Crippen LogP contribution in [0.25, 0.3) is 11.2 Å². The maximum absolute atomic E-state index is 12.2. The lowest BCUT2D eigenvalue weighted by Gasteiger charge is -2.28. The third-order valence-electron chi connectivity index (χ3n) is 4.09. The lowest BCUT2D eigenvalue weighted by Crippen LogP contribution is -2.29. The van der Waals surface area contributed by atoms with Crippen molar-refractivity contribution in [3.63, 3.8) is 0 Å². The van der Waals surface area contributed by atoms with E-state index in [1.165, 1.54) is 7.11 Å². The van der Waals surface area contributed by atoms with Crippen LogP contribution >= 0.6 is 11.6 Å². The quantitative estimate of drug-likeness (QED) is 0.807. The Balaban J connectivity index is 2.01. The smallest absolute Gasteiger partial charge is 0.229 e. The number of carbonyl (C=O) groups is 1. The Morgan fingerprint density at radius 2 is 2.21 bits per heavy atom. The molecule has 1 aliphatic rings. The van der Waals surface area contributed by atoms with E-state index in [-0.39, 0.29) is 23.5 Å². The van der Waals surface area contributed by atoms with E-state index in [0.29, 0.717) is 22.9 Å². The molecule has 130 valence electrons. The summed E-state index contributed by atoms with van der Waals surface area (Å²) < 4.78 is 7.11. The van der Waals surface area contributed by atoms with Gasteiger partial charge in [-0.05, 0) is 33.1 Å². The van der Waals surface area contributed by atoms with Gasteiger partial charge < -0.3 is 9.84 Å². The fourth-order valence-corrected chi connectivity index (χ4v) is 2.98. The molecule has 1 aliphatic carbocycles. The molecule has 0 aliphatic heterocycles. The minimum Gasteiger partial charge on any atom is -0.493 e. The number of anilines is 1. The zero-order valence-electron chi connectivity index (χ0n) is 14.0. The first-order valence-electron chi connectivity index (χ1n) is 7.93. The molecule has 2 N–H and O–H groups in total. The van der Waals surface area contributed by atoms with Gasteiger partial charge in [0.1, 0.15) is 5.52 Å². The molecular weight excluding hydrogens is 332 g/mol. The van der Waals surface area contributed by atoms with Crippen molar-refractivity contribution in [1.29, 1.82) is 0 Å². The molecular formula is C16H21ClN4O3. The first-order chi connectivity index (χ1) is 11.3. The van der Waals surface area contributed by atoms with Crippen LogP contribution in [0.15, 0.2) is 6.07 Å². The monoisotopic (exact) mass is 352 g/mol. The van der Waals surface area contributed by atoms with Gasteiger partial charge >= 0.3 is 0 Å². The Hall–Kier alpha value is -1.86. The second kappa shape index (κ2) is 6.22. The lowest BCUT2D eigenvalue weighted by molar-refractivity contribution is -0.119. The van der Waals surface area contributed by atoms with E-state index in [2.05, 4.69) is 15.3 Å². The largest absolute Gasteiger partial charge is 0.493 e. The number of aromatic nitrogens is 3. The number of amides is 1. The van der Waals surface area contributed by atoms with Crippen molar-refractivity contribution < 1.29 is 14.6 Å². The Morgan fingerprint density at radius 1 is 1.50 bits per heavy atom. The molecule has 1 saturated carbocycles. The topological polar surface area (TPSA) is 89.3 Å². The predicted octanol–water partition coefficient (Wildman–Crippen LogP) is 2.92. The number of hydrogen-bond acceptors (Lipinski definition) is 5. The molecule has 0 saturated heterocycles. The molecule has 0 radical (unpaired) electrons. The van der Waals surface area contributed by atoms with Crippen LogP contribution in [0, 0.1) is 0 Å². The van der Waals surface area contributed by atoms with Gasteiger partial charge in [-0.2, -0.15) is 0 Å². The van der Waals surface area contributed by atoms with Gasteiger partial charge in [0.2, 0.25) is 11.9 Å².